The number of aromatic nitrogens is 24. The molecule has 14 aromatic heterocycles. The molecule has 14 heterocycles. The highest BCUT2D eigenvalue weighted by molar-refractivity contribution is 6.02. The molecule has 0 aliphatic carbocycles. The Balaban J connectivity index is 0.000000108. The van der Waals surface area contributed by atoms with Gasteiger partial charge in [0.15, 0.2) is 40.7 Å². The number of H-pyrrole nitrogens is 12. The minimum Gasteiger partial charge on any atom is -0.336 e. The van der Waals surface area contributed by atoms with Crippen molar-refractivity contribution in [3.63, 3.8) is 0 Å². The molecule has 8 aromatic carbocycles. The summed E-state index contributed by atoms with van der Waals surface area (Å²) < 4.78 is 70.6. The van der Waals surface area contributed by atoms with Crippen molar-refractivity contribution in [2.24, 2.45) is 0 Å². The monoisotopic (exact) mass is 1640 g/mol. The lowest BCUT2D eigenvalue weighted by molar-refractivity contribution is -0.135. The van der Waals surface area contributed by atoms with Gasteiger partial charge in [-0.3, -0.25) is 90.3 Å². The Morgan fingerprint density at radius 2 is 0.976 bits per heavy atom. The molecule has 0 bridgehead atoms. The molecule has 32 nitrogen and oxygen atoms in total. The van der Waals surface area contributed by atoms with Crippen molar-refractivity contribution in [3.05, 3.63) is 295 Å². The number of benzene rings is 8. The van der Waals surface area contributed by atoms with Crippen molar-refractivity contribution >= 4 is 145 Å². The van der Waals surface area contributed by atoms with E-state index in [1.165, 1.54) is 18.2 Å². The summed E-state index contributed by atoms with van der Waals surface area (Å²) in [6.45, 7) is 3.99. The van der Waals surface area contributed by atoms with Gasteiger partial charge in [-0.2, -0.15) is 43.5 Å². The first kappa shape index (κ1) is 75.6. The molecule has 22 rings (SSSR count). The Bertz CT molecular complexity index is 8090. The fraction of sp³-hybridized carbons (Fsp3) is 0.0465. The van der Waals surface area contributed by atoms with E-state index >= 15 is 0 Å². The second-order valence-corrected chi connectivity index (χ2v) is 28.2. The van der Waals surface area contributed by atoms with Gasteiger partial charge < -0.3 is 21.3 Å². The van der Waals surface area contributed by atoms with Gasteiger partial charge >= 0.3 is 6.18 Å². The van der Waals surface area contributed by atoms with Gasteiger partial charge in [-0.25, -0.2) is 28.7 Å². The van der Waals surface area contributed by atoms with Gasteiger partial charge in [0.2, 0.25) is 5.95 Å². The molecule has 123 heavy (non-hydrogen) atoms. The van der Waals surface area contributed by atoms with Crippen LogP contribution in [0.3, 0.4) is 0 Å². The first-order valence-corrected chi connectivity index (χ1v) is 37.9. The van der Waals surface area contributed by atoms with Crippen molar-refractivity contribution in [2.45, 2.75) is 26.4 Å². The van der Waals surface area contributed by atoms with Crippen LogP contribution in [0, 0.1) is 18.6 Å². The molecule has 0 spiro atoms. The van der Waals surface area contributed by atoms with Crippen LogP contribution >= 0.6 is 0 Å². The average Bonchev–Trinajstić information content (AvgIpc) is 1.73. The maximum Gasteiger partial charge on any atom is 0.417 e. The number of nitrogens with zero attached hydrogens (tertiary/aromatic N) is 12. The summed E-state index contributed by atoms with van der Waals surface area (Å²) in [5, 5.41) is 67.3. The average molecular weight is 1650 g/mol. The third-order valence-electron chi connectivity index (χ3n) is 20.3. The fourth-order valence-electron chi connectivity index (χ4n) is 14.3. The van der Waals surface area contributed by atoms with E-state index in [0.717, 1.165) is 107 Å². The van der Waals surface area contributed by atoms with Gasteiger partial charge in [0, 0.05) is 92.2 Å². The van der Waals surface area contributed by atoms with Crippen molar-refractivity contribution in [1.29, 1.82) is 0 Å². The van der Waals surface area contributed by atoms with E-state index in [0.29, 0.717) is 79.1 Å². The predicted octanol–water partition coefficient (Wildman–Crippen LogP) is 16.7. The van der Waals surface area contributed by atoms with Gasteiger partial charge in [-0.05, 0) is 127 Å². The van der Waals surface area contributed by atoms with E-state index in [1.54, 1.807) is 48.9 Å². The van der Waals surface area contributed by atoms with Crippen LogP contribution in [0.15, 0.2) is 244 Å². The molecule has 0 fully saturated rings. The first-order chi connectivity index (χ1) is 59.8. The summed E-state index contributed by atoms with van der Waals surface area (Å²) in [5.74, 6) is 2.43. The molecule has 16 N–H and O–H groups in total. The van der Waals surface area contributed by atoms with Gasteiger partial charge in [-0.15, -0.1) is 0 Å². The number of aryl methyl sites for hydroxylation is 2. The summed E-state index contributed by atoms with van der Waals surface area (Å²) in [6, 6.07) is 60.6. The van der Waals surface area contributed by atoms with Gasteiger partial charge in [-0.1, -0.05) is 91.9 Å². The number of halogens is 5. The highest BCUT2D eigenvalue weighted by Crippen LogP contribution is 2.43. The van der Waals surface area contributed by atoms with E-state index < -0.39 is 34.3 Å². The zero-order valence-corrected chi connectivity index (χ0v) is 64.0. The Morgan fingerprint density at radius 1 is 0.398 bits per heavy atom. The number of hydrogen-bond donors (Lipinski definition) is 16. The Hall–Kier alpha value is -17.4. The summed E-state index contributed by atoms with van der Waals surface area (Å²) in [5.41, 5.74) is 9.35. The van der Waals surface area contributed by atoms with Crippen molar-refractivity contribution in [2.75, 3.05) is 21.3 Å². The largest absolute Gasteiger partial charge is 0.417 e. The molecule has 22 aromatic rings. The number of aromatic amines is 12. The van der Waals surface area contributed by atoms with E-state index in [2.05, 4.69) is 133 Å². The van der Waals surface area contributed by atoms with E-state index in [1.807, 2.05) is 159 Å². The molecule has 0 saturated carbocycles. The van der Waals surface area contributed by atoms with Crippen LogP contribution in [-0.4, -0.2) is 121 Å². The molecule has 0 aliphatic rings. The topological polar surface area (TPSA) is 461 Å². The van der Waals surface area contributed by atoms with Crippen LogP contribution in [0.5, 0.6) is 0 Å². The number of alkyl halides is 3. The van der Waals surface area contributed by atoms with Gasteiger partial charge in [0.1, 0.15) is 28.5 Å². The Labute approximate surface area is 683 Å². The third kappa shape index (κ3) is 15.0. The van der Waals surface area contributed by atoms with Crippen molar-refractivity contribution in [3.8, 4) is 56.5 Å². The molecule has 0 atom stereocenters. The maximum atomic E-state index is 14.2. The maximum absolute atomic E-state index is 14.2. The standard InChI is InChI=1S/C24H13F5N6O.C22H15N7O.C20H17N9O.C20H16N6O/c25-11-8-14-20(15(26)9-11)33-34-22(14)31-21-12-4-2-1-3-10(12)7-17(30-21)13-5-6-16-18(23(36)35-32-16)19(13)24(27,28)29;30-22-14-10-12(7-8-16(14)26-29-22)18-11-19(13-4-1-2-5-15(13)24-18)25-21-20-17(27-28-21)6-3-9-23-20;1-2-13-10-16(28-26-13)22-20-24-17(11-5-7-21-8-6-11)23-18(25-20)12-3-4-15-14(9-12)19(30)29-27-15;1-11-8-18(25-23-11)22-19-14-5-3-2-4-12(14)10-17(21-19)13-6-7-16-15(9-13)20(27)26-24-16/h1-9H,(H2,32,35,36)(H2,30,31,33,34);1-11H,(H2,26,29,30)(H2,24,25,27,28);3-10H,2H2,1H3,(H2,27,29,30)(H2,22,23,24,25,26,28);2-10H,1H3,(H2,24,26,27)(H2,21,22,23,25). The van der Waals surface area contributed by atoms with E-state index in [-0.39, 0.29) is 56.0 Å². The highest BCUT2D eigenvalue weighted by atomic mass is 19.4. The molecule has 0 radical (unpaired) electrons. The summed E-state index contributed by atoms with van der Waals surface area (Å²) in [4.78, 5) is 84.4. The van der Waals surface area contributed by atoms with Crippen LogP contribution in [0.1, 0.15) is 23.9 Å². The molecule has 0 unspecified atom stereocenters. The SMILES string of the molecule is CCc1cc(Nc2nc(-c3ccncc3)nc(-c3ccc4[nH][nH]c(=O)c4c3)n2)n[nH]1.Cc1cc(Nc2nc(-c3ccc4[nH][nH]c(=O)c4c3)cc3ccccc23)n[nH]1.O=c1[nH][nH]c2ccc(-c3cc(Nc4n[nH]c5cccnc45)c4ccccc4n3)cc12.O=c1[nH][nH]c2ccc(-c3cc4ccccc4c(Nc4n[nH]c5c(F)cc(F)cc45)n3)c(C(F)(F)F)c12. The third-order valence-corrected chi connectivity index (χ3v) is 20.3. The van der Waals surface area contributed by atoms with E-state index in [4.69, 9.17) is 9.97 Å². The smallest absolute Gasteiger partial charge is 0.336 e. The van der Waals surface area contributed by atoms with Crippen molar-refractivity contribution < 1.29 is 22.0 Å². The quantitative estimate of drug-likeness (QED) is 0.0450. The fourth-order valence-corrected chi connectivity index (χ4v) is 14.3. The van der Waals surface area contributed by atoms with Crippen LogP contribution in [-0.2, 0) is 12.6 Å². The van der Waals surface area contributed by atoms with Crippen LogP contribution in [0.2, 0.25) is 0 Å². The molecule has 0 aliphatic heterocycles. The summed E-state index contributed by atoms with van der Waals surface area (Å²) in [7, 11) is 0. The number of rotatable bonds is 14. The number of pyridine rings is 5. The zero-order valence-electron chi connectivity index (χ0n) is 64.0. The summed E-state index contributed by atoms with van der Waals surface area (Å²) >= 11 is 0. The molecular formula is C86H61F5N28O4. The Kier molecular flexibility index (Phi) is 19.2. The lowest BCUT2D eigenvalue weighted by Crippen LogP contribution is -2.13. The van der Waals surface area contributed by atoms with Crippen LogP contribution in [0.25, 0.3) is 155 Å². The van der Waals surface area contributed by atoms with Crippen LogP contribution < -0.4 is 43.5 Å². The predicted molar refractivity (Wildman–Crippen MR) is 459 cm³/mol. The molecular weight excluding hydrogens is 1580 g/mol. The molecule has 0 saturated heterocycles. The zero-order chi connectivity index (χ0) is 84.1. The first-order valence-electron chi connectivity index (χ1n) is 37.9. The Morgan fingerprint density at radius 3 is 1.64 bits per heavy atom. The second kappa shape index (κ2) is 31.2. The second-order valence-electron chi connectivity index (χ2n) is 28.2. The number of fused-ring (bicyclic) bond motifs is 9. The van der Waals surface area contributed by atoms with Gasteiger partial charge in [0.25, 0.3) is 22.2 Å². The van der Waals surface area contributed by atoms with Crippen LogP contribution in [0.4, 0.5) is 68.5 Å². The lowest BCUT2D eigenvalue weighted by atomic mass is 9.98. The molecule has 37 heteroatoms. The normalized spacial score (nSPS) is 11.5. The molecule has 604 valence electrons. The summed E-state index contributed by atoms with van der Waals surface area (Å²) in [6.07, 6.45) is 1.07. The van der Waals surface area contributed by atoms with Crippen molar-refractivity contribution in [1.82, 2.24) is 121 Å². The molecule has 0 amide bonds. The minimum atomic E-state index is -4.86. The highest BCUT2D eigenvalue weighted by Gasteiger charge is 2.38. The van der Waals surface area contributed by atoms with E-state index in [9.17, 15) is 41.1 Å². The number of hydrogen-bond acceptors (Lipinski definition) is 20. The number of nitrogens with one attached hydrogen (secondary N) is 16. The van der Waals surface area contributed by atoms with Gasteiger partial charge in [0.05, 0.1) is 88.4 Å². The number of anilines is 8. The minimum absolute atomic E-state index is 0.00209. The number of para-hydroxylation sites is 1. The lowest BCUT2D eigenvalue weighted by Gasteiger charge is -2.15.